The molecule has 4 rings (SSSR count). The minimum atomic E-state index is 0. The average Bonchev–Trinajstić information content (AvgIpc) is 3.07. The van der Waals surface area contributed by atoms with E-state index < -0.39 is 0 Å². The molecule has 0 saturated carbocycles. The second kappa shape index (κ2) is 8.19. The highest BCUT2D eigenvalue weighted by molar-refractivity contribution is 6.42. The Labute approximate surface area is 171 Å². The van der Waals surface area contributed by atoms with Crippen molar-refractivity contribution in [2.75, 3.05) is 0 Å². The number of benzene rings is 3. The van der Waals surface area contributed by atoms with Gasteiger partial charge in [-0.1, -0.05) is 65.7 Å². The van der Waals surface area contributed by atoms with Crippen molar-refractivity contribution in [3.8, 4) is 0 Å². The topological polar surface area (TPSA) is 3.24 Å². The lowest BCUT2D eigenvalue weighted by atomic mass is 10.0. The summed E-state index contributed by atoms with van der Waals surface area (Å²) < 4.78 is 0. The molecule has 1 nitrogen and oxygen atoms in total. The molecule has 0 N–H and O–H groups in total. The van der Waals surface area contributed by atoms with Crippen molar-refractivity contribution < 1.29 is 0 Å². The van der Waals surface area contributed by atoms with Gasteiger partial charge in [0, 0.05) is 19.1 Å². The number of rotatable bonds is 4. The van der Waals surface area contributed by atoms with Crippen LogP contribution < -0.4 is 0 Å². The maximum atomic E-state index is 6.13. The van der Waals surface area contributed by atoms with Crippen LogP contribution in [0.25, 0.3) is 10.8 Å². The van der Waals surface area contributed by atoms with Crippen molar-refractivity contribution in [2.24, 2.45) is 0 Å². The molecule has 4 heteroatoms. The molecule has 26 heavy (non-hydrogen) atoms. The summed E-state index contributed by atoms with van der Waals surface area (Å²) in [7, 11) is 0. The second-order valence-corrected chi connectivity index (χ2v) is 7.78. The summed E-state index contributed by atoms with van der Waals surface area (Å²) >= 11 is 12.1. The maximum Gasteiger partial charge on any atom is 0.0595 e. The van der Waals surface area contributed by atoms with Gasteiger partial charge in [-0.3, -0.25) is 4.90 Å². The monoisotopic (exact) mass is 405 g/mol. The van der Waals surface area contributed by atoms with Crippen LogP contribution in [0.4, 0.5) is 0 Å². The van der Waals surface area contributed by atoms with Gasteiger partial charge in [0.05, 0.1) is 10.0 Å². The van der Waals surface area contributed by atoms with Crippen molar-refractivity contribution in [3.63, 3.8) is 0 Å². The fourth-order valence-corrected chi connectivity index (χ4v) is 4.08. The van der Waals surface area contributed by atoms with Gasteiger partial charge in [-0.15, -0.1) is 12.4 Å². The first-order valence-electron chi connectivity index (χ1n) is 8.79. The number of nitrogens with zero attached hydrogens (tertiary/aromatic N) is 1. The zero-order valence-corrected chi connectivity index (χ0v) is 17.0. The summed E-state index contributed by atoms with van der Waals surface area (Å²) in [6.07, 6.45) is 2.13. The first kappa shape index (κ1) is 19.5. The third-order valence-corrected chi connectivity index (χ3v) is 6.07. The Kier molecular flexibility index (Phi) is 6.14. The van der Waals surface area contributed by atoms with Crippen molar-refractivity contribution in [2.45, 2.75) is 38.9 Å². The number of hydrogen-bond donors (Lipinski definition) is 0. The van der Waals surface area contributed by atoms with Gasteiger partial charge in [-0.05, 0) is 59.4 Å². The summed E-state index contributed by atoms with van der Waals surface area (Å²) in [5, 5.41) is 4.01. The fourth-order valence-electron chi connectivity index (χ4n) is 3.76. The third-order valence-electron chi connectivity index (χ3n) is 5.33. The molecule has 0 amide bonds. The molecule has 0 unspecified atom stereocenters. The Morgan fingerprint density at radius 3 is 2.58 bits per heavy atom. The highest BCUT2D eigenvalue weighted by Gasteiger charge is 2.24. The Bertz CT molecular complexity index is 922. The fraction of sp³-hybridized carbons (Fsp3) is 0.273. The molecule has 1 aliphatic heterocycles. The van der Waals surface area contributed by atoms with E-state index >= 15 is 0 Å². The van der Waals surface area contributed by atoms with E-state index in [2.05, 4.69) is 54.3 Å². The van der Waals surface area contributed by atoms with Gasteiger partial charge in [-0.25, -0.2) is 0 Å². The van der Waals surface area contributed by atoms with E-state index in [-0.39, 0.29) is 12.4 Å². The van der Waals surface area contributed by atoms with E-state index in [4.69, 9.17) is 23.2 Å². The van der Waals surface area contributed by atoms with Gasteiger partial charge in [0.25, 0.3) is 0 Å². The molecule has 136 valence electrons. The number of halogens is 3. The van der Waals surface area contributed by atoms with Crippen LogP contribution in [-0.4, -0.2) is 10.9 Å². The van der Waals surface area contributed by atoms with Crippen LogP contribution >= 0.6 is 35.6 Å². The van der Waals surface area contributed by atoms with Crippen LogP contribution in [-0.2, 0) is 19.5 Å². The smallest absolute Gasteiger partial charge is 0.0595 e. The molecular weight excluding hydrogens is 385 g/mol. The van der Waals surface area contributed by atoms with Gasteiger partial charge in [0.2, 0.25) is 0 Å². The molecule has 0 radical (unpaired) electrons. The SMILES string of the molecule is C[C@H](CCc1ccc(Cl)c(Cl)c1)N1Cc2ccc3ccccc3c2C1.Cl. The largest absolute Gasteiger partial charge is 0.292 e. The molecule has 3 aromatic carbocycles. The Balaban J connectivity index is 0.00000196. The van der Waals surface area contributed by atoms with Crippen molar-refractivity contribution in [1.29, 1.82) is 0 Å². The molecule has 1 heterocycles. The highest BCUT2D eigenvalue weighted by Crippen LogP contribution is 2.32. The zero-order chi connectivity index (χ0) is 17.4. The van der Waals surface area contributed by atoms with E-state index in [9.17, 15) is 0 Å². The molecule has 0 saturated heterocycles. The molecular formula is C22H22Cl3N. The highest BCUT2D eigenvalue weighted by atomic mass is 35.5. The number of aryl methyl sites for hydroxylation is 1. The predicted octanol–water partition coefficient (Wildman–Crippen LogP) is 6.91. The Morgan fingerprint density at radius 1 is 0.962 bits per heavy atom. The molecule has 0 aromatic heterocycles. The van der Waals surface area contributed by atoms with Crippen LogP contribution in [0.3, 0.4) is 0 Å². The van der Waals surface area contributed by atoms with Crippen molar-refractivity contribution in [3.05, 3.63) is 81.3 Å². The third kappa shape index (κ3) is 3.87. The Morgan fingerprint density at radius 2 is 1.77 bits per heavy atom. The van der Waals surface area contributed by atoms with Gasteiger partial charge in [0.1, 0.15) is 0 Å². The van der Waals surface area contributed by atoms with Crippen LogP contribution in [0.5, 0.6) is 0 Å². The normalized spacial score (nSPS) is 14.9. The van der Waals surface area contributed by atoms with Gasteiger partial charge in [-0.2, -0.15) is 0 Å². The predicted molar refractivity (Wildman–Crippen MR) is 115 cm³/mol. The molecule has 0 aliphatic carbocycles. The maximum absolute atomic E-state index is 6.13. The number of fused-ring (bicyclic) bond motifs is 3. The molecule has 0 bridgehead atoms. The number of hydrogen-bond acceptors (Lipinski definition) is 1. The summed E-state index contributed by atoms with van der Waals surface area (Å²) in [5.74, 6) is 0. The first-order chi connectivity index (χ1) is 12.1. The van der Waals surface area contributed by atoms with Crippen molar-refractivity contribution in [1.82, 2.24) is 4.90 Å². The van der Waals surface area contributed by atoms with Crippen LogP contribution in [0.15, 0.2) is 54.6 Å². The summed E-state index contributed by atoms with van der Waals surface area (Å²) in [6.45, 7) is 4.41. The Hall–Kier alpha value is -1.25. The van der Waals surface area contributed by atoms with Gasteiger partial charge < -0.3 is 0 Å². The molecule has 0 spiro atoms. The lowest BCUT2D eigenvalue weighted by molar-refractivity contribution is 0.203. The van der Waals surface area contributed by atoms with Crippen LogP contribution in [0.1, 0.15) is 30.0 Å². The average molecular weight is 407 g/mol. The quantitative estimate of drug-likeness (QED) is 0.455. The summed E-state index contributed by atoms with van der Waals surface area (Å²) in [5.41, 5.74) is 4.22. The van der Waals surface area contributed by atoms with E-state index in [0.29, 0.717) is 16.1 Å². The van der Waals surface area contributed by atoms with Gasteiger partial charge in [0.15, 0.2) is 0 Å². The van der Waals surface area contributed by atoms with Crippen LogP contribution in [0, 0.1) is 0 Å². The minimum absolute atomic E-state index is 0. The van der Waals surface area contributed by atoms with Crippen LogP contribution in [0.2, 0.25) is 10.0 Å². The summed E-state index contributed by atoms with van der Waals surface area (Å²) in [6, 6.07) is 19.7. The minimum Gasteiger partial charge on any atom is -0.292 e. The lowest BCUT2D eigenvalue weighted by Crippen LogP contribution is -2.28. The standard InChI is InChI=1S/C22H21Cl2N.ClH/c1-15(6-7-16-8-11-21(23)22(24)12-16)25-13-18-10-9-17-4-2-3-5-19(17)20(18)14-25;/h2-5,8-12,15H,6-7,13-14H2,1H3;1H/t15-;/m1./s1. The van der Waals surface area contributed by atoms with E-state index in [1.165, 1.54) is 27.5 Å². The van der Waals surface area contributed by atoms with E-state index in [0.717, 1.165) is 25.9 Å². The molecule has 1 atom stereocenters. The molecule has 3 aromatic rings. The molecule has 0 fully saturated rings. The second-order valence-electron chi connectivity index (χ2n) is 6.97. The first-order valence-corrected chi connectivity index (χ1v) is 9.55. The lowest BCUT2D eigenvalue weighted by Gasteiger charge is -2.24. The van der Waals surface area contributed by atoms with E-state index in [1.54, 1.807) is 0 Å². The molecule has 1 aliphatic rings. The van der Waals surface area contributed by atoms with Crippen molar-refractivity contribution >= 4 is 46.4 Å². The summed E-state index contributed by atoms with van der Waals surface area (Å²) in [4.78, 5) is 2.58. The van der Waals surface area contributed by atoms with Gasteiger partial charge >= 0.3 is 0 Å². The van der Waals surface area contributed by atoms with E-state index in [1.807, 2.05) is 12.1 Å². The zero-order valence-electron chi connectivity index (χ0n) is 14.7.